The molecule has 1 aromatic carbocycles. The van der Waals surface area contributed by atoms with Crippen LogP contribution in [0, 0.1) is 5.82 Å². The molecule has 0 aromatic heterocycles. The maximum Gasteiger partial charge on any atom is 0.123 e. The van der Waals surface area contributed by atoms with E-state index in [0.29, 0.717) is 12.6 Å². The van der Waals surface area contributed by atoms with E-state index in [1.165, 1.54) is 18.5 Å². The molecule has 19 heavy (non-hydrogen) atoms. The van der Waals surface area contributed by atoms with Crippen LogP contribution in [0.3, 0.4) is 0 Å². The molecule has 108 valence electrons. The second-order valence-electron chi connectivity index (χ2n) is 5.11. The minimum atomic E-state index is -0.159. The topological polar surface area (TPSA) is 15.3 Å². The molecule has 0 aliphatic heterocycles. The lowest BCUT2D eigenvalue weighted by atomic mass is 10.1. The Balaban J connectivity index is 3.05. The molecule has 0 amide bonds. The molecular formula is C16H27FN2. The van der Waals surface area contributed by atoms with Gasteiger partial charge in [0.1, 0.15) is 5.82 Å². The molecule has 1 rings (SSSR count). The fourth-order valence-electron chi connectivity index (χ4n) is 2.29. The Morgan fingerprint density at radius 2 is 2.05 bits per heavy atom. The summed E-state index contributed by atoms with van der Waals surface area (Å²) < 4.78 is 13.4. The summed E-state index contributed by atoms with van der Waals surface area (Å²) in [5.41, 5.74) is 2.21. The average molecular weight is 266 g/mol. The highest BCUT2D eigenvalue weighted by atomic mass is 19.1. The highest BCUT2D eigenvalue weighted by Gasteiger charge is 2.16. The number of nitrogens with one attached hydrogen (secondary N) is 1. The van der Waals surface area contributed by atoms with E-state index in [9.17, 15) is 4.39 Å². The first kappa shape index (κ1) is 16.0. The van der Waals surface area contributed by atoms with E-state index in [2.05, 4.69) is 31.0 Å². The van der Waals surface area contributed by atoms with Crippen molar-refractivity contribution in [3.05, 3.63) is 29.6 Å². The molecule has 2 nitrogen and oxygen atoms in total. The van der Waals surface area contributed by atoms with Crippen LogP contribution in [0.4, 0.5) is 10.1 Å². The van der Waals surface area contributed by atoms with E-state index < -0.39 is 0 Å². The Bertz CT molecular complexity index is 379. The quantitative estimate of drug-likeness (QED) is 0.766. The van der Waals surface area contributed by atoms with Crippen LogP contribution in [-0.4, -0.2) is 19.6 Å². The van der Waals surface area contributed by atoms with Crippen molar-refractivity contribution in [1.82, 2.24) is 5.32 Å². The van der Waals surface area contributed by atoms with E-state index >= 15 is 0 Å². The van der Waals surface area contributed by atoms with Gasteiger partial charge in [0.05, 0.1) is 0 Å². The molecule has 1 aromatic rings. The molecule has 0 fully saturated rings. The monoisotopic (exact) mass is 266 g/mol. The van der Waals surface area contributed by atoms with Gasteiger partial charge in [-0.3, -0.25) is 0 Å². The van der Waals surface area contributed by atoms with E-state index in [1.807, 2.05) is 13.1 Å². The highest BCUT2D eigenvalue weighted by Crippen LogP contribution is 2.25. The van der Waals surface area contributed by atoms with Crippen LogP contribution in [-0.2, 0) is 6.54 Å². The zero-order valence-corrected chi connectivity index (χ0v) is 12.7. The average Bonchev–Trinajstić information content (AvgIpc) is 2.41. The lowest BCUT2D eigenvalue weighted by molar-refractivity contribution is 0.588. The van der Waals surface area contributed by atoms with Gasteiger partial charge in [0.15, 0.2) is 0 Å². The van der Waals surface area contributed by atoms with Crippen LogP contribution >= 0.6 is 0 Å². The molecule has 0 saturated heterocycles. The first-order valence-corrected chi connectivity index (χ1v) is 7.33. The normalized spacial score (nSPS) is 12.5. The van der Waals surface area contributed by atoms with Gasteiger partial charge in [-0.2, -0.15) is 0 Å². The van der Waals surface area contributed by atoms with Crippen molar-refractivity contribution < 1.29 is 4.39 Å². The van der Waals surface area contributed by atoms with E-state index in [4.69, 9.17) is 0 Å². The number of hydrogen-bond acceptors (Lipinski definition) is 2. The predicted molar refractivity (Wildman–Crippen MR) is 81.2 cm³/mol. The second kappa shape index (κ2) is 8.16. The van der Waals surface area contributed by atoms with Gasteiger partial charge in [-0.25, -0.2) is 4.39 Å². The predicted octanol–water partition coefficient (Wildman–Crippen LogP) is 3.95. The smallest absolute Gasteiger partial charge is 0.123 e. The number of halogens is 1. The van der Waals surface area contributed by atoms with Crippen molar-refractivity contribution in [2.45, 2.75) is 52.6 Å². The molecule has 0 aliphatic carbocycles. The maximum absolute atomic E-state index is 13.4. The third-order valence-electron chi connectivity index (χ3n) is 3.59. The number of rotatable bonds is 8. The summed E-state index contributed by atoms with van der Waals surface area (Å²) in [6, 6.07) is 5.61. The first-order chi connectivity index (χ1) is 9.13. The lowest BCUT2D eigenvalue weighted by Crippen LogP contribution is -2.34. The summed E-state index contributed by atoms with van der Waals surface area (Å²) in [7, 11) is 1.90. The van der Waals surface area contributed by atoms with Gasteiger partial charge in [0.2, 0.25) is 0 Å². The van der Waals surface area contributed by atoms with Crippen molar-refractivity contribution in [2.75, 3.05) is 18.5 Å². The summed E-state index contributed by atoms with van der Waals surface area (Å²) in [6.07, 6.45) is 3.44. The molecule has 0 radical (unpaired) electrons. The van der Waals surface area contributed by atoms with Crippen molar-refractivity contribution >= 4 is 5.69 Å². The number of nitrogens with zero attached hydrogens (tertiary/aromatic N) is 1. The van der Waals surface area contributed by atoms with Gasteiger partial charge in [-0.05, 0) is 50.6 Å². The zero-order chi connectivity index (χ0) is 14.3. The number of benzene rings is 1. The van der Waals surface area contributed by atoms with Gasteiger partial charge in [0, 0.05) is 24.8 Å². The summed E-state index contributed by atoms with van der Waals surface area (Å²) in [4.78, 5) is 2.41. The Kier molecular flexibility index (Phi) is 6.85. The Morgan fingerprint density at radius 3 is 2.63 bits per heavy atom. The third kappa shape index (κ3) is 4.50. The number of hydrogen-bond donors (Lipinski definition) is 1. The minimum Gasteiger partial charge on any atom is -0.369 e. The standard InChI is InChI=1S/C16H27FN2/c1-5-7-10-19(13(3)6-2)16-9-8-15(17)11-14(16)12-18-4/h8-9,11,13,18H,5-7,10,12H2,1-4H3. The summed E-state index contributed by atoms with van der Waals surface area (Å²) in [6.45, 7) is 8.38. The van der Waals surface area contributed by atoms with Crippen molar-refractivity contribution in [1.29, 1.82) is 0 Å². The van der Waals surface area contributed by atoms with Gasteiger partial charge in [-0.1, -0.05) is 20.3 Å². The van der Waals surface area contributed by atoms with Crippen LogP contribution in [0.1, 0.15) is 45.6 Å². The van der Waals surface area contributed by atoms with E-state index in [-0.39, 0.29) is 5.82 Å². The summed E-state index contributed by atoms with van der Waals surface area (Å²) in [5, 5.41) is 3.13. The third-order valence-corrected chi connectivity index (χ3v) is 3.59. The zero-order valence-electron chi connectivity index (χ0n) is 12.7. The molecule has 1 unspecified atom stereocenters. The molecule has 0 saturated carbocycles. The molecule has 0 spiro atoms. The number of unbranched alkanes of at least 4 members (excludes halogenated alkanes) is 1. The van der Waals surface area contributed by atoms with Crippen molar-refractivity contribution in [3.63, 3.8) is 0 Å². The molecule has 0 aliphatic rings. The molecule has 1 atom stereocenters. The van der Waals surface area contributed by atoms with Crippen LogP contribution in [0.15, 0.2) is 18.2 Å². The fourth-order valence-corrected chi connectivity index (χ4v) is 2.29. The van der Waals surface area contributed by atoms with Gasteiger partial charge < -0.3 is 10.2 Å². The minimum absolute atomic E-state index is 0.159. The van der Waals surface area contributed by atoms with Crippen molar-refractivity contribution in [2.24, 2.45) is 0 Å². The first-order valence-electron chi connectivity index (χ1n) is 7.33. The van der Waals surface area contributed by atoms with Crippen LogP contribution < -0.4 is 10.2 Å². The summed E-state index contributed by atoms with van der Waals surface area (Å²) >= 11 is 0. The molecule has 0 heterocycles. The van der Waals surface area contributed by atoms with Crippen LogP contribution in [0.2, 0.25) is 0 Å². The van der Waals surface area contributed by atoms with Crippen molar-refractivity contribution in [3.8, 4) is 0 Å². The highest BCUT2D eigenvalue weighted by molar-refractivity contribution is 5.54. The molecule has 3 heteroatoms. The fraction of sp³-hybridized carbons (Fsp3) is 0.625. The van der Waals surface area contributed by atoms with Gasteiger partial charge >= 0.3 is 0 Å². The lowest BCUT2D eigenvalue weighted by Gasteiger charge is -2.32. The van der Waals surface area contributed by atoms with E-state index in [1.54, 1.807) is 12.1 Å². The van der Waals surface area contributed by atoms with Crippen LogP contribution in [0.25, 0.3) is 0 Å². The Labute approximate surface area is 117 Å². The molecule has 0 bridgehead atoms. The Hall–Kier alpha value is -1.09. The SMILES string of the molecule is CCCCN(c1ccc(F)cc1CNC)C(C)CC. The summed E-state index contributed by atoms with van der Waals surface area (Å²) in [5.74, 6) is -0.159. The molecule has 1 N–H and O–H groups in total. The van der Waals surface area contributed by atoms with Crippen LogP contribution in [0.5, 0.6) is 0 Å². The number of anilines is 1. The maximum atomic E-state index is 13.4. The van der Waals surface area contributed by atoms with E-state index in [0.717, 1.165) is 18.5 Å². The largest absolute Gasteiger partial charge is 0.369 e. The Morgan fingerprint density at radius 1 is 1.32 bits per heavy atom. The molecular weight excluding hydrogens is 239 g/mol. The second-order valence-corrected chi connectivity index (χ2v) is 5.11. The van der Waals surface area contributed by atoms with Gasteiger partial charge in [0.25, 0.3) is 0 Å². The van der Waals surface area contributed by atoms with Gasteiger partial charge in [-0.15, -0.1) is 0 Å².